The average molecular weight is 582 g/mol. The van der Waals surface area contributed by atoms with Crippen LogP contribution in [0.25, 0.3) is 0 Å². The van der Waals surface area contributed by atoms with Gasteiger partial charge in [0.2, 0.25) is 0 Å². The number of benzene rings is 2. The van der Waals surface area contributed by atoms with Gasteiger partial charge in [-0.15, -0.1) is 0 Å². The molecule has 1 amide bonds. The predicted molar refractivity (Wildman–Crippen MR) is 139 cm³/mol. The SMILES string of the molecule is CC1(C)O[C@H]2[C@@H](OCc3cccc(C(F)(F)F)c3)C[C@](OCc3ccccc3F)(C(=O)NC[C@H]3CCCO3)C[C@H]2O1. The third-order valence-electron chi connectivity index (χ3n) is 7.76. The van der Waals surface area contributed by atoms with E-state index in [4.69, 9.17) is 23.7 Å². The van der Waals surface area contributed by atoms with Crippen LogP contribution < -0.4 is 5.32 Å². The summed E-state index contributed by atoms with van der Waals surface area (Å²) in [5, 5.41) is 2.95. The Hall–Kier alpha value is -2.57. The molecule has 2 heterocycles. The highest BCUT2D eigenvalue weighted by Gasteiger charge is 2.58. The topological polar surface area (TPSA) is 75.3 Å². The summed E-state index contributed by atoms with van der Waals surface area (Å²) in [4.78, 5) is 13.8. The molecule has 2 aromatic carbocycles. The molecule has 7 nitrogen and oxygen atoms in total. The number of amides is 1. The fourth-order valence-electron chi connectivity index (χ4n) is 5.75. The van der Waals surface area contributed by atoms with E-state index in [-0.39, 0.29) is 44.3 Å². The molecular weight excluding hydrogens is 546 g/mol. The molecular formula is C30H35F4NO6. The highest BCUT2D eigenvalue weighted by Crippen LogP contribution is 2.44. The van der Waals surface area contributed by atoms with E-state index >= 15 is 0 Å². The minimum absolute atomic E-state index is 0.0262. The molecule has 3 fully saturated rings. The fraction of sp³-hybridized carbons (Fsp3) is 0.567. The summed E-state index contributed by atoms with van der Waals surface area (Å²) in [6.45, 7) is 4.08. The van der Waals surface area contributed by atoms with Crippen LogP contribution in [-0.2, 0) is 47.9 Å². The standard InChI is InChI=1S/C30H35F4NO6/c1-28(2)40-25-15-29(27(36)35-16-22-10-6-12-37-22,39-18-20-8-3-4-11-23(20)31)14-24(26(25)41-28)38-17-19-7-5-9-21(13-19)30(32,33)34/h3-5,7-9,11,13,22,24-26H,6,10,12,14-18H2,1-2H3,(H,35,36)/t22-,24+,25-,26+,29-/m1/s1. The van der Waals surface area contributed by atoms with Crippen molar-refractivity contribution in [2.75, 3.05) is 13.2 Å². The number of halogens is 4. The third-order valence-corrected chi connectivity index (χ3v) is 7.76. The molecule has 2 aromatic rings. The van der Waals surface area contributed by atoms with Crippen molar-refractivity contribution >= 4 is 5.91 Å². The first-order chi connectivity index (χ1) is 19.4. The summed E-state index contributed by atoms with van der Waals surface area (Å²) in [6.07, 6.45) is -4.70. The molecule has 1 N–H and O–H groups in total. The number of ether oxygens (including phenoxy) is 5. The van der Waals surface area contributed by atoms with Crippen molar-refractivity contribution < 1.29 is 46.0 Å². The second-order valence-corrected chi connectivity index (χ2v) is 11.3. The Balaban J connectivity index is 1.40. The largest absolute Gasteiger partial charge is 0.416 e. The Bertz CT molecular complexity index is 1220. The molecule has 5 rings (SSSR count). The first-order valence-electron chi connectivity index (χ1n) is 13.8. The number of rotatable bonds is 9. The van der Waals surface area contributed by atoms with Gasteiger partial charge in [-0.05, 0) is 50.5 Å². The lowest BCUT2D eigenvalue weighted by Gasteiger charge is -2.43. The lowest BCUT2D eigenvalue weighted by Crippen LogP contribution is -2.60. The van der Waals surface area contributed by atoms with E-state index < -0.39 is 53.2 Å². The van der Waals surface area contributed by atoms with Gasteiger partial charge in [-0.1, -0.05) is 30.3 Å². The van der Waals surface area contributed by atoms with Crippen LogP contribution in [0.1, 0.15) is 56.2 Å². The van der Waals surface area contributed by atoms with Crippen molar-refractivity contribution in [2.24, 2.45) is 0 Å². The van der Waals surface area contributed by atoms with Crippen molar-refractivity contribution in [1.82, 2.24) is 5.32 Å². The molecule has 41 heavy (non-hydrogen) atoms. The lowest BCUT2D eigenvalue weighted by molar-refractivity contribution is -0.184. The summed E-state index contributed by atoms with van der Waals surface area (Å²) in [7, 11) is 0. The van der Waals surface area contributed by atoms with Crippen LogP contribution in [0.5, 0.6) is 0 Å². The van der Waals surface area contributed by atoms with Crippen LogP contribution in [0.3, 0.4) is 0 Å². The van der Waals surface area contributed by atoms with E-state index in [0.29, 0.717) is 12.2 Å². The smallest absolute Gasteiger partial charge is 0.376 e. The molecule has 1 aliphatic carbocycles. The van der Waals surface area contributed by atoms with Gasteiger partial charge in [-0.3, -0.25) is 4.79 Å². The molecule has 2 saturated heterocycles. The number of fused-ring (bicyclic) bond motifs is 1. The maximum atomic E-state index is 14.5. The summed E-state index contributed by atoms with van der Waals surface area (Å²) < 4.78 is 84.7. The minimum Gasteiger partial charge on any atom is -0.376 e. The van der Waals surface area contributed by atoms with Crippen molar-refractivity contribution in [3.05, 3.63) is 71.0 Å². The van der Waals surface area contributed by atoms with Gasteiger partial charge < -0.3 is 29.0 Å². The second kappa shape index (κ2) is 12.0. The minimum atomic E-state index is -4.49. The number of hydrogen-bond acceptors (Lipinski definition) is 6. The molecule has 1 saturated carbocycles. The number of alkyl halides is 3. The number of carbonyl (C=O) groups excluding carboxylic acids is 1. The molecule has 0 radical (unpaired) electrons. The number of nitrogens with one attached hydrogen (secondary N) is 1. The van der Waals surface area contributed by atoms with E-state index in [1.54, 1.807) is 38.1 Å². The van der Waals surface area contributed by atoms with Crippen molar-refractivity contribution in [2.45, 2.75) is 94.7 Å². The van der Waals surface area contributed by atoms with Gasteiger partial charge in [0.15, 0.2) is 11.4 Å². The van der Waals surface area contributed by atoms with Crippen LogP contribution in [-0.4, -0.2) is 54.9 Å². The molecule has 0 bridgehead atoms. The number of carbonyl (C=O) groups is 1. The maximum Gasteiger partial charge on any atom is 0.416 e. The van der Waals surface area contributed by atoms with Gasteiger partial charge >= 0.3 is 6.18 Å². The second-order valence-electron chi connectivity index (χ2n) is 11.3. The molecule has 5 atom stereocenters. The number of hydrogen-bond donors (Lipinski definition) is 1. The highest BCUT2D eigenvalue weighted by atomic mass is 19.4. The monoisotopic (exact) mass is 581 g/mol. The Kier molecular flexibility index (Phi) is 8.73. The quantitative estimate of drug-likeness (QED) is 0.406. The Morgan fingerprint density at radius 3 is 2.61 bits per heavy atom. The molecule has 3 aliphatic rings. The average Bonchev–Trinajstić information content (AvgIpc) is 3.56. The molecule has 2 aliphatic heterocycles. The van der Waals surface area contributed by atoms with E-state index in [2.05, 4.69) is 5.32 Å². The van der Waals surface area contributed by atoms with E-state index in [1.165, 1.54) is 12.1 Å². The van der Waals surface area contributed by atoms with E-state index in [1.807, 2.05) is 0 Å². The van der Waals surface area contributed by atoms with Gasteiger partial charge in [0.05, 0.1) is 37.1 Å². The molecule has 11 heteroatoms. The zero-order valence-corrected chi connectivity index (χ0v) is 23.0. The zero-order chi connectivity index (χ0) is 29.3. The van der Waals surface area contributed by atoms with Crippen molar-refractivity contribution in [3.63, 3.8) is 0 Å². The Morgan fingerprint density at radius 1 is 1.07 bits per heavy atom. The van der Waals surface area contributed by atoms with Crippen LogP contribution in [0.4, 0.5) is 17.6 Å². The summed E-state index contributed by atoms with van der Waals surface area (Å²) in [6, 6.07) is 11.0. The van der Waals surface area contributed by atoms with Crippen molar-refractivity contribution in [1.29, 1.82) is 0 Å². The van der Waals surface area contributed by atoms with Gasteiger partial charge in [0.1, 0.15) is 11.9 Å². The van der Waals surface area contributed by atoms with E-state index in [0.717, 1.165) is 25.0 Å². The Labute approximate surface area is 236 Å². The van der Waals surface area contributed by atoms with Crippen LogP contribution in [0.2, 0.25) is 0 Å². The first kappa shape index (κ1) is 29.9. The van der Waals surface area contributed by atoms with Crippen LogP contribution in [0, 0.1) is 5.82 Å². The van der Waals surface area contributed by atoms with Gasteiger partial charge in [-0.25, -0.2) is 4.39 Å². The normalized spacial score (nSPS) is 29.3. The third kappa shape index (κ3) is 7.09. The Morgan fingerprint density at radius 2 is 1.88 bits per heavy atom. The first-order valence-corrected chi connectivity index (χ1v) is 13.8. The van der Waals surface area contributed by atoms with Crippen LogP contribution >= 0.6 is 0 Å². The van der Waals surface area contributed by atoms with Gasteiger partial charge in [-0.2, -0.15) is 13.2 Å². The lowest BCUT2D eigenvalue weighted by atomic mass is 9.78. The predicted octanol–water partition coefficient (Wildman–Crippen LogP) is 5.29. The fourth-order valence-corrected chi connectivity index (χ4v) is 5.75. The summed E-state index contributed by atoms with van der Waals surface area (Å²) >= 11 is 0. The molecule has 0 aromatic heterocycles. The van der Waals surface area contributed by atoms with Crippen molar-refractivity contribution in [3.8, 4) is 0 Å². The molecule has 224 valence electrons. The molecule has 0 spiro atoms. The molecule has 0 unspecified atom stereocenters. The summed E-state index contributed by atoms with van der Waals surface area (Å²) in [5.74, 6) is -1.86. The van der Waals surface area contributed by atoms with Crippen LogP contribution in [0.15, 0.2) is 48.5 Å². The zero-order valence-electron chi connectivity index (χ0n) is 23.0. The van der Waals surface area contributed by atoms with E-state index in [9.17, 15) is 22.4 Å². The summed E-state index contributed by atoms with van der Waals surface area (Å²) in [5.41, 5.74) is -1.66. The van der Waals surface area contributed by atoms with Gasteiger partial charge in [0.25, 0.3) is 5.91 Å². The highest BCUT2D eigenvalue weighted by molar-refractivity contribution is 5.85. The van der Waals surface area contributed by atoms with Gasteiger partial charge in [0, 0.05) is 31.6 Å². The maximum absolute atomic E-state index is 14.5.